The summed E-state index contributed by atoms with van der Waals surface area (Å²) < 4.78 is 1.66. The Balaban J connectivity index is 1.90. The van der Waals surface area contributed by atoms with Gasteiger partial charge in [-0.3, -0.25) is 14.4 Å². The molecule has 0 spiro atoms. The average molecular weight is 385 g/mol. The molecule has 0 aliphatic carbocycles. The van der Waals surface area contributed by atoms with Crippen LogP contribution in [0.1, 0.15) is 5.56 Å². The number of aromatic nitrogens is 2. The first-order valence-electron chi connectivity index (χ1n) is 8.32. The van der Waals surface area contributed by atoms with Crippen molar-refractivity contribution in [2.45, 2.75) is 12.1 Å². The van der Waals surface area contributed by atoms with Gasteiger partial charge in [-0.1, -0.05) is 41.6 Å². The van der Waals surface area contributed by atoms with Gasteiger partial charge in [-0.25, -0.2) is 4.98 Å². The highest BCUT2D eigenvalue weighted by atomic mass is 35.5. The smallest absolute Gasteiger partial charge is 0.266 e. The highest BCUT2D eigenvalue weighted by Gasteiger charge is 2.17. The van der Waals surface area contributed by atoms with Gasteiger partial charge in [-0.2, -0.15) is 0 Å². The average Bonchev–Trinajstić information content (AvgIpc) is 3.17. The minimum Gasteiger partial charge on any atom is -0.371 e. The molecule has 1 aliphatic rings. The molecular formula is C19H17ClN4OS. The Morgan fingerprint density at radius 2 is 2.08 bits per heavy atom. The molecule has 0 unspecified atom stereocenters. The van der Waals surface area contributed by atoms with Crippen LogP contribution in [0, 0.1) is 6.92 Å². The lowest BCUT2D eigenvalue weighted by molar-refractivity contribution is 0.815. The van der Waals surface area contributed by atoms with Gasteiger partial charge in [0, 0.05) is 11.6 Å². The monoisotopic (exact) mass is 384 g/mol. The van der Waals surface area contributed by atoms with Crippen LogP contribution in [0.3, 0.4) is 0 Å². The highest BCUT2D eigenvalue weighted by molar-refractivity contribution is 7.99. The Bertz CT molecular complexity index is 1080. The van der Waals surface area contributed by atoms with E-state index in [1.54, 1.807) is 10.6 Å². The number of benzene rings is 2. The zero-order valence-electron chi connectivity index (χ0n) is 14.2. The number of amidine groups is 1. The van der Waals surface area contributed by atoms with Crippen molar-refractivity contribution in [3.8, 4) is 5.69 Å². The summed E-state index contributed by atoms with van der Waals surface area (Å²) in [5.74, 6) is 1.58. The molecule has 0 bridgehead atoms. The molecule has 26 heavy (non-hydrogen) atoms. The van der Waals surface area contributed by atoms with Gasteiger partial charge in [-0.15, -0.1) is 0 Å². The van der Waals surface area contributed by atoms with Crippen molar-refractivity contribution in [1.82, 2.24) is 14.9 Å². The predicted molar refractivity (Wildman–Crippen MR) is 108 cm³/mol. The predicted octanol–water partition coefficient (Wildman–Crippen LogP) is 3.44. The molecule has 1 aromatic heterocycles. The fourth-order valence-corrected chi connectivity index (χ4v) is 4.04. The number of thioether (sulfide) groups is 1. The van der Waals surface area contributed by atoms with Crippen LogP contribution >= 0.6 is 23.4 Å². The van der Waals surface area contributed by atoms with E-state index in [-0.39, 0.29) is 5.56 Å². The largest absolute Gasteiger partial charge is 0.371 e. The molecule has 3 aromatic rings. The van der Waals surface area contributed by atoms with E-state index in [0.717, 1.165) is 30.2 Å². The van der Waals surface area contributed by atoms with Gasteiger partial charge in [0.25, 0.3) is 5.56 Å². The van der Waals surface area contributed by atoms with Crippen molar-refractivity contribution < 1.29 is 0 Å². The van der Waals surface area contributed by atoms with Crippen LogP contribution < -0.4 is 10.9 Å². The van der Waals surface area contributed by atoms with E-state index in [1.165, 1.54) is 11.8 Å². The van der Waals surface area contributed by atoms with Gasteiger partial charge in [0.05, 0.1) is 28.9 Å². The highest BCUT2D eigenvalue weighted by Crippen LogP contribution is 2.26. The number of halogens is 1. The molecule has 132 valence electrons. The lowest BCUT2D eigenvalue weighted by Gasteiger charge is -2.15. The number of para-hydroxylation sites is 1. The first-order valence-corrected chi connectivity index (χ1v) is 9.69. The summed E-state index contributed by atoms with van der Waals surface area (Å²) in [6, 6.07) is 13.0. The number of rotatable bonds is 4. The summed E-state index contributed by atoms with van der Waals surface area (Å²) in [6.45, 7) is 3.57. The van der Waals surface area contributed by atoms with Gasteiger partial charge in [0.1, 0.15) is 5.84 Å². The van der Waals surface area contributed by atoms with E-state index in [0.29, 0.717) is 26.8 Å². The van der Waals surface area contributed by atoms with Crippen LogP contribution in [0.5, 0.6) is 0 Å². The van der Waals surface area contributed by atoms with Crippen LogP contribution in [-0.4, -0.2) is 34.2 Å². The van der Waals surface area contributed by atoms with Crippen LogP contribution in [-0.2, 0) is 0 Å². The van der Waals surface area contributed by atoms with E-state index in [4.69, 9.17) is 16.6 Å². The molecule has 7 heteroatoms. The summed E-state index contributed by atoms with van der Waals surface area (Å²) in [5.41, 5.74) is 2.21. The van der Waals surface area contributed by atoms with Gasteiger partial charge in [-0.05, 0) is 36.8 Å². The molecule has 5 nitrogen and oxygen atoms in total. The Morgan fingerprint density at radius 3 is 2.88 bits per heavy atom. The summed E-state index contributed by atoms with van der Waals surface area (Å²) in [6.07, 6.45) is 0. The van der Waals surface area contributed by atoms with Crippen molar-refractivity contribution in [3.63, 3.8) is 0 Å². The number of nitrogens with one attached hydrogen (secondary N) is 1. The van der Waals surface area contributed by atoms with Gasteiger partial charge >= 0.3 is 0 Å². The maximum absolute atomic E-state index is 13.2. The van der Waals surface area contributed by atoms with Crippen LogP contribution in [0.25, 0.3) is 16.6 Å². The Morgan fingerprint density at radius 1 is 1.23 bits per heavy atom. The standard InChI is InChI=1S/C19H17ClN4OS/c1-12-14(20)6-4-8-16(12)24-18(25)13-5-2-3-7-15(13)23-19(24)26-11-17-21-9-10-22-17/h2-8H,9-11H2,1H3,(H,21,22). The summed E-state index contributed by atoms with van der Waals surface area (Å²) in [7, 11) is 0. The second-order valence-corrected chi connectivity index (χ2v) is 7.33. The number of fused-ring (bicyclic) bond motifs is 1. The Hall–Kier alpha value is -2.31. The van der Waals surface area contributed by atoms with Crippen LogP contribution in [0.2, 0.25) is 5.02 Å². The minimum atomic E-state index is -0.0928. The number of hydrogen-bond acceptors (Lipinski definition) is 5. The molecule has 0 saturated carbocycles. The van der Waals surface area contributed by atoms with E-state index < -0.39 is 0 Å². The van der Waals surface area contributed by atoms with Crippen molar-refractivity contribution in [1.29, 1.82) is 0 Å². The van der Waals surface area contributed by atoms with E-state index in [9.17, 15) is 4.79 Å². The Labute approximate surface area is 160 Å². The number of aliphatic imine (C=N–C) groups is 1. The van der Waals surface area contributed by atoms with Crippen molar-refractivity contribution >= 4 is 40.1 Å². The maximum atomic E-state index is 13.2. The fraction of sp³-hybridized carbons (Fsp3) is 0.211. The lowest BCUT2D eigenvalue weighted by Crippen LogP contribution is -2.24. The molecule has 0 saturated heterocycles. The second-order valence-electron chi connectivity index (χ2n) is 5.98. The molecule has 2 heterocycles. The topological polar surface area (TPSA) is 59.3 Å². The lowest BCUT2D eigenvalue weighted by atomic mass is 10.2. The van der Waals surface area contributed by atoms with Crippen molar-refractivity contribution in [3.05, 3.63) is 63.4 Å². The normalized spacial score (nSPS) is 13.7. The maximum Gasteiger partial charge on any atom is 0.266 e. The van der Waals surface area contributed by atoms with Gasteiger partial charge < -0.3 is 5.32 Å². The molecule has 0 fully saturated rings. The first-order chi connectivity index (χ1) is 12.6. The van der Waals surface area contributed by atoms with E-state index in [1.807, 2.05) is 43.3 Å². The molecule has 0 amide bonds. The summed E-state index contributed by atoms with van der Waals surface area (Å²) in [4.78, 5) is 22.4. The molecule has 0 atom stereocenters. The zero-order valence-corrected chi connectivity index (χ0v) is 15.8. The van der Waals surface area contributed by atoms with E-state index >= 15 is 0 Å². The van der Waals surface area contributed by atoms with E-state index in [2.05, 4.69) is 10.3 Å². The van der Waals surface area contributed by atoms with Crippen molar-refractivity contribution in [2.75, 3.05) is 18.8 Å². The summed E-state index contributed by atoms with van der Waals surface area (Å²) in [5, 5.41) is 5.10. The fourth-order valence-electron chi connectivity index (χ4n) is 2.94. The second kappa shape index (κ2) is 7.13. The first kappa shape index (κ1) is 17.1. The molecule has 1 N–H and O–H groups in total. The minimum absolute atomic E-state index is 0.0928. The molecule has 0 radical (unpaired) electrons. The quantitative estimate of drug-likeness (QED) is 0.553. The molecule has 4 rings (SSSR count). The third kappa shape index (κ3) is 3.10. The molecular weight excluding hydrogens is 368 g/mol. The zero-order chi connectivity index (χ0) is 18.1. The van der Waals surface area contributed by atoms with Crippen molar-refractivity contribution in [2.24, 2.45) is 4.99 Å². The van der Waals surface area contributed by atoms with Gasteiger partial charge in [0.2, 0.25) is 0 Å². The molecule has 1 aliphatic heterocycles. The van der Waals surface area contributed by atoms with Gasteiger partial charge in [0.15, 0.2) is 5.16 Å². The SMILES string of the molecule is Cc1c(Cl)cccc1-n1c(SCC2=NCCN2)nc2ccccc2c1=O. The third-order valence-electron chi connectivity index (χ3n) is 4.31. The van der Waals surface area contributed by atoms with Crippen LogP contribution in [0.15, 0.2) is 57.4 Å². The number of hydrogen-bond donors (Lipinski definition) is 1. The Kier molecular flexibility index (Phi) is 4.70. The van der Waals surface area contributed by atoms with Crippen LogP contribution in [0.4, 0.5) is 0 Å². The molecule has 2 aromatic carbocycles. The third-order valence-corrected chi connectivity index (χ3v) is 5.67. The number of nitrogens with zero attached hydrogens (tertiary/aromatic N) is 3. The summed E-state index contributed by atoms with van der Waals surface area (Å²) >= 11 is 7.79.